The summed E-state index contributed by atoms with van der Waals surface area (Å²) >= 11 is 0. The number of aromatic nitrogens is 2. The molecule has 0 amide bonds. The Morgan fingerprint density at radius 3 is 1.74 bits per heavy atom. The monoisotopic (exact) mass is 248 g/mol. The second-order valence-corrected chi connectivity index (χ2v) is 3.95. The molecule has 0 spiro atoms. The van der Waals surface area contributed by atoms with Crippen molar-refractivity contribution in [3.8, 4) is 0 Å². The van der Waals surface area contributed by atoms with Gasteiger partial charge in [0, 0.05) is 18.1 Å². The van der Waals surface area contributed by atoms with E-state index in [1.165, 1.54) is 0 Å². The standard InChI is InChI=1S/C15H12N4/c1-12-4-8-18-14(10-12)16-6-3-7-17-15-11-13(2)5-9-19-15/h4-5,8-11H,1-2H3. The van der Waals surface area contributed by atoms with Crippen molar-refractivity contribution >= 4 is 23.4 Å². The van der Waals surface area contributed by atoms with Gasteiger partial charge in [0.15, 0.2) is 11.6 Å². The number of aryl methyl sites for hydroxylation is 2. The molecule has 0 unspecified atom stereocenters. The SMILES string of the molecule is Cc1ccnc(N=C=C=C=Nc2cc(C)ccn2)c1. The van der Waals surface area contributed by atoms with Crippen LogP contribution in [-0.2, 0) is 0 Å². The Hall–Kier alpha value is -2.76. The molecule has 0 N–H and O–H groups in total. The molecule has 0 aliphatic carbocycles. The summed E-state index contributed by atoms with van der Waals surface area (Å²) in [6, 6.07) is 7.52. The number of pyridine rings is 2. The highest BCUT2D eigenvalue weighted by atomic mass is 14.9. The summed E-state index contributed by atoms with van der Waals surface area (Å²) in [7, 11) is 0. The second-order valence-electron chi connectivity index (χ2n) is 3.95. The molecule has 4 heteroatoms. The van der Waals surface area contributed by atoms with Crippen LogP contribution in [0.3, 0.4) is 0 Å². The first-order chi connectivity index (χ1) is 9.24. The van der Waals surface area contributed by atoms with Crippen LogP contribution >= 0.6 is 0 Å². The third-order valence-electron chi connectivity index (χ3n) is 2.25. The Labute approximate surface area is 111 Å². The van der Waals surface area contributed by atoms with Gasteiger partial charge in [0.1, 0.15) is 0 Å². The van der Waals surface area contributed by atoms with Crippen molar-refractivity contribution in [1.29, 1.82) is 0 Å². The summed E-state index contributed by atoms with van der Waals surface area (Å²) in [5, 5.41) is 0. The van der Waals surface area contributed by atoms with Gasteiger partial charge < -0.3 is 0 Å². The highest BCUT2D eigenvalue weighted by Crippen LogP contribution is 2.08. The van der Waals surface area contributed by atoms with E-state index in [-0.39, 0.29) is 0 Å². The molecule has 2 rings (SSSR count). The molecule has 0 bridgehead atoms. The van der Waals surface area contributed by atoms with Crippen LogP contribution in [-0.4, -0.2) is 21.7 Å². The summed E-state index contributed by atoms with van der Waals surface area (Å²) in [6.45, 7) is 3.95. The lowest BCUT2D eigenvalue weighted by molar-refractivity contribution is 1.25. The molecule has 0 aliphatic heterocycles. The maximum absolute atomic E-state index is 4.07. The fourth-order valence-electron chi connectivity index (χ4n) is 1.36. The van der Waals surface area contributed by atoms with E-state index in [0.717, 1.165) is 11.1 Å². The van der Waals surface area contributed by atoms with E-state index in [4.69, 9.17) is 0 Å². The molecule has 0 radical (unpaired) electrons. The molecule has 0 fully saturated rings. The lowest BCUT2D eigenvalue weighted by Gasteiger charge is -1.90. The molecule has 4 nitrogen and oxygen atoms in total. The fourth-order valence-corrected chi connectivity index (χ4v) is 1.36. The molecule has 92 valence electrons. The van der Waals surface area contributed by atoms with Gasteiger partial charge in [-0.25, -0.2) is 9.97 Å². The third-order valence-corrected chi connectivity index (χ3v) is 2.25. The molecule has 2 heterocycles. The van der Waals surface area contributed by atoms with Gasteiger partial charge in [0.05, 0.1) is 11.7 Å². The molecule has 0 aromatic carbocycles. The molecule has 2 aromatic heterocycles. The van der Waals surface area contributed by atoms with Crippen LogP contribution in [0, 0.1) is 13.8 Å². The van der Waals surface area contributed by atoms with E-state index in [0.29, 0.717) is 11.6 Å². The van der Waals surface area contributed by atoms with E-state index in [1.54, 1.807) is 12.4 Å². The topological polar surface area (TPSA) is 50.5 Å². The molecule has 0 saturated heterocycles. The molecule has 0 aliphatic rings. The Balaban J connectivity index is 2.20. The number of hydrogen-bond donors (Lipinski definition) is 0. The number of rotatable bonds is 2. The van der Waals surface area contributed by atoms with Crippen LogP contribution in [0.2, 0.25) is 0 Å². The molecule has 0 saturated carbocycles. The Morgan fingerprint density at radius 1 is 0.842 bits per heavy atom. The van der Waals surface area contributed by atoms with Crippen LogP contribution in [0.5, 0.6) is 0 Å². The predicted octanol–water partition coefficient (Wildman–Crippen LogP) is 3.11. The van der Waals surface area contributed by atoms with Crippen molar-refractivity contribution in [2.75, 3.05) is 0 Å². The molecule has 19 heavy (non-hydrogen) atoms. The number of nitrogens with zero attached hydrogens (tertiary/aromatic N) is 4. The minimum atomic E-state index is 0.586. The van der Waals surface area contributed by atoms with Crippen molar-refractivity contribution in [2.24, 2.45) is 9.98 Å². The first-order valence-electron chi connectivity index (χ1n) is 5.76. The van der Waals surface area contributed by atoms with Crippen molar-refractivity contribution in [1.82, 2.24) is 9.97 Å². The molecular weight excluding hydrogens is 236 g/mol. The van der Waals surface area contributed by atoms with E-state index >= 15 is 0 Å². The summed E-state index contributed by atoms with van der Waals surface area (Å²) in [5.41, 5.74) is 4.80. The fraction of sp³-hybridized carbons (Fsp3) is 0.133. The van der Waals surface area contributed by atoms with Crippen LogP contribution < -0.4 is 0 Å². The Bertz CT molecular complexity index is 655. The zero-order valence-corrected chi connectivity index (χ0v) is 10.8. The van der Waals surface area contributed by atoms with Crippen LogP contribution in [0.15, 0.2) is 52.4 Å². The molecule has 0 atom stereocenters. The summed E-state index contributed by atoms with van der Waals surface area (Å²) < 4.78 is 0. The van der Waals surface area contributed by atoms with Gasteiger partial charge in [-0.2, -0.15) is 9.98 Å². The van der Waals surface area contributed by atoms with Crippen molar-refractivity contribution < 1.29 is 0 Å². The van der Waals surface area contributed by atoms with Gasteiger partial charge >= 0.3 is 0 Å². The highest BCUT2D eigenvalue weighted by Gasteiger charge is 1.88. The predicted molar refractivity (Wildman–Crippen MR) is 75.7 cm³/mol. The van der Waals surface area contributed by atoms with E-state index < -0.39 is 0 Å². The van der Waals surface area contributed by atoms with Gasteiger partial charge in [0.25, 0.3) is 0 Å². The van der Waals surface area contributed by atoms with Gasteiger partial charge in [0.2, 0.25) is 0 Å². The van der Waals surface area contributed by atoms with Crippen LogP contribution in [0.1, 0.15) is 11.1 Å². The summed E-state index contributed by atoms with van der Waals surface area (Å²) in [5.74, 6) is 6.36. The van der Waals surface area contributed by atoms with Gasteiger partial charge in [-0.15, -0.1) is 0 Å². The third kappa shape index (κ3) is 4.19. The quantitative estimate of drug-likeness (QED) is 0.605. The largest absolute Gasteiger partial charge is 0.236 e. The summed E-state index contributed by atoms with van der Waals surface area (Å²) in [6.07, 6.45) is 3.40. The van der Waals surface area contributed by atoms with E-state index in [1.807, 2.05) is 38.1 Å². The van der Waals surface area contributed by atoms with E-state index in [2.05, 4.69) is 37.4 Å². The average Bonchev–Trinajstić information content (AvgIpc) is 2.38. The van der Waals surface area contributed by atoms with E-state index in [9.17, 15) is 0 Å². The lowest BCUT2D eigenvalue weighted by atomic mass is 10.3. The maximum atomic E-state index is 4.07. The zero-order valence-electron chi connectivity index (χ0n) is 10.8. The minimum absolute atomic E-state index is 0.586. The average molecular weight is 248 g/mol. The first kappa shape index (κ1) is 12.7. The van der Waals surface area contributed by atoms with Gasteiger partial charge in [-0.3, -0.25) is 0 Å². The second kappa shape index (κ2) is 6.25. The Kier molecular flexibility index (Phi) is 4.17. The number of hydrogen-bond acceptors (Lipinski definition) is 4. The molecular formula is C15H12N4. The van der Waals surface area contributed by atoms with Crippen molar-refractivity contribution in [3.63, 3.8) is 0 Å². The number of aliphatic imine (C=N–C) groups is 2. The van der Waals surface area contributed by atoms with Crippen molar-refractivity contribution in [3.05, 3.63) is 53.5 Å². The summed E-state index contributed by atoms with van der Waals surface area (Å²) in [4.78, 5) is 16.1. The lowest BCUT2D eigenvalue weighted by Crippen LogP contribution is -1.75. The maximum Gasteiger partial charge on any atom is 0.162 e. The zero-order chi connectivity index (χ0) is 13.5. The van der Waals surface area contributed by atoms with Gasteiger partial charge in [-0.1, -0.05) is 0 Å². The molecule has 2 aromatic rings. The van der Waals surface area contributed by atoms with Crippen molar-refractivity contribution in [2.45, 2.75) is 13.8 Å². The normalized spacial score (nSPS) is 8.95. The highest BCUT2D eigenvalue weighted by molar-refractivity contribution is 5.69. The van der Waals surface area contributed by atoms with Crippen LogP contribution in [0.4, 0.5) is 11.6 Å². The van der Waals surface area contributed by atoms with Crippen LogP contribution in [0.25, 0.3) is 0 Å². The first-order valence-corrected chi connectivity index (χ1v) is 5.76. The minimum Gasteiger partial charge on any atom is -0.236 e. The van der Waals surface area contributed by atoms with Gasteiger partial charge in [-0.05, 0) is 49.2 Å². The Morgan fingerprint density at radius 2 is 1.32 bits per heavy atom. The smallest absolute Gasteiger partial charge is 0.162 e.